The van der Waals surface area contributed by atoms with Gasteiger partial charge < -0.3 is 28.4 Å². The highest BCUT2D eigenvalue weighted by molar-refractivity contribution is 5.94. The summed E-state index contributed by atoms with van der Waals surface area (Å²) in [5.41, 5.74) is 2.81. The van der Waals surface area contributed by atoms with E-state index in [1.807, 2.05) is 6.07 Å². The Kier molecular flexibility index (Phi) is 23.3. The van der Waals surface area contributed by atoms with Crippen molar-refractivity contribution in [2.24, 2.45) is 11.8 Å². The topological polar surface area (TPSA) is 124 Å². The first kappa shape index (κ1) is 56.1. The number of hydrogen-bond donors (Lipinski definition) is 0. The number of carbonyl (C=O) groups excluding carboxylic acids is 4. The highest BCUT2D eigenvalue weighted by Crippen LogP contribution is 2.27. The van der Waals surface area contributed by atoms with Crippen LogP contribution in [0, 0.1) is 11.8 Å². The third-order valence-corrected chi connectivity index (χ3v) is 12.8. The molecular weight excluding hydrogens is 929 g/mol. The average Bonchev–Trinajstić information content (AvgIpc) is 3.41. The Morgan fingerprint density at radius 1 is 0.351 bits per heavy atom. The Hall–Kier alpha value is -7.20. The monoisotopic (exact) mass is 1000 g/mol. The highest BCUT2D eigenvalue weighted by atomic mass is 16.5. The van der Waals surface area contributed by atoms with Crippen LogP contribution in [-0.4, -0.2) is 37.1 Å². The molecule has 0 aliphatic carbocycles. The molecular formula is C64H74O10. The quantitative estimate of drug-likeness (QED) is 0.0236. The number of esters is 4. The molecule has 0 aliphatic rings. The van der Waals surface area contributed by atoms with Crippen molar-refractivity contribution in [3.05, 3.63) is 168 Å². The van der Waals surface area contributed by atoms with E-state index in [4.69, 9.17) is 28.4 Å². The second kappa shape index (κ2) is 30.7. The van der Waals surface area contributed by atoms with Gasteiger partial charge in [0.1, 0.15) is 34.5 Å². The van der Waals surface area contributed by atoms with Crippen LogP contribution < -0.4 is 28.4 Å². The fourth-order valence-corrected chi connectivity index (χ4v) is 8.34. The van der Waals surface area contributed by atoms with E-state index in [0.717, 1.165) is 42.1 Å². The average molecular weight is 1000 g/mol. The van der Waals surface area contributed by atoms with E-state index >= 15 is 0 Å². The second-order valence-corrected chi connectivity index (χ2v) is 19.5. The van der Waals surface area contributed by atoms with E-state index in [9.17, 15) is 19.2 Å². The number of ether oxygens (including phenoxy) is 6. The zero-order chi connectivity index (χ0) is 52.3. The minimum Gasteiger partial charge on any atom is -0.494 e. The van der Waals surface area contributed by atoms with Gasteiger partial charge in [-0.1, -0.05) is 142 Å². The van der Waals surface area contributed by atoms with Crippen molar-refractivity contribution in [3.8, 4) is 45.6 Å². The van der Waals surface area contributed by atoms with Gasteiger partial charge in [0.2, 0.25) is 0 Å². The lowest BCUT2D eigenvalue weighted by molar-refractivity contribution is 0.0720. The molecule has 0 bridgehead atoms. The molecule has 0 saturated carbocycles. The van der Waals surface area contributed by atoms with Crippen LogP contribution in [0.4, 0.5) is 0 Å². The van der Waals surface area contributed by atoms with Crippen LogP contribution in [-0.2, 0) is 0 Å². The summed E-state index contributed by atoms with van der Waals surface area (Å²) in [5.74, 6) is 1.82. The molecule has 10 nitrogen and oxygen atoms in total. The standard InChI is InChI=1S/C64H74O10/c1-5-6-7-8-9-10-11-12-13-14-15-16-44-69-55-31-25-50(26-32-55)61(65)72-58-35-27-51(28-36-58)62(66)71-57-33-23-49(24-34-57)53-21-18-22-54(46-53)64(68)74-59-37-29-52(30-38-59)63(67)73-60-41-39-56(40-42-60)70-45-43-48(4)20-17-19-47(2)3/h18,21-42,46-48H,5-17,19-20,43-45H2,1-4H3/t48-/m0/s1. The van der Waals surface area contributed by atoms with Gasteiger partial charge in [0.15, 0.2) is 0 Å². The first-order valence-electron chi connectivity index (χ1n) is 26.8. The lowest BCUT2D eigenvalue weighted by Crippen LogP contribution is -2.10. The number of unbranched alkanes of at least 4 members (excludes halogenated alkanes) is 11. The minimum atomic E-state index is -0.580. The molecule has 0 aliphatic heterocycles. The summed E-state index contributed by atoms with van der Waals surface area (Å²) in [7, 11) is 0. The molecule has 74 heavy (non-hydrogen) atoms. The van der Waals surface area contributed by atoms with E-state index in [2.05, 4.69) is 27.7 Å². The summed E-state index contributed by atoms with van der Waals surface area (Å²) in [4.78, 5) is 52.0. The Bertz CT molecular complexity index is 2620. The summed E-state index contributed by atoms with van der Waals surface area (Å²) in [5, 5.41) is 0. The van der Waals surface area contributed by atoms with Crippen LogP contribution in [0.25, 0.3) is 11.1 Å². The van der Waals surface area contributed by atoms with Gasteiger partial charge >= 0.3 is 23.9 Å². The van der Waals surface area contributed by atoms with Gasteiger partial charge in [-0.3, -0.25) is 0 Å². The minimum absolute atomic E-state index is 0.265. The Morgan fingerprint density at radius 2 is 0.730 bits per heavy atom. The number of hydrogen-bond acceptors (Lipinski definition) is 10. The van der Waals surface area contributed by atoms with Crippen LogP contribution in [0.2, 0.25) is 0 Å². The van der Waals surface area contributed by atoms with Gasteiger partial charge in [0.25, 0.3) is 0 Å². The molecule has 0 N–H and O–H groups in total. The number of carbonyl (C=O) groups is 4. The van der Waals surface area contributed by atoms with Gasteiger partial charge in [-0.2, -0.15) is 0 Å². The summed E-state index contributed by atoms with van der Waals surface area (Å²) in [6.45, 7) is 10.3. The van der Waals surface area contributed by atoms with Crippen molar-refractivity contribution in [2.75, 3.05) is 13.2 Å². The van der Waals surface area contributed by atoms with Crippen LogP contribution >= 0.6 is 0 Å². The van der Waals surface area contributed by atoms with Crippen LogP contribution in [0.3, 0.4) is 0 Å². The molecule has 10 heteroatoms. The van der Waals surface area contributed by atoms with Crippen molar-refractivity contribution in [1.29, 1.82) is 0 Å². The Morgan fingerprint density at radius 3 is 1.19 bits per heavy atom. The summed E-state index contributed by atoms with van der Waals surface area (Å²) >= 11 is 0. The molecule has 0 aromatic heterocycles. The van der Waals surface area contributed by atoms with Crippen LogP contribution in [0.15, 0.2) is 146 Å². The first-order chi connectivity index (χ1) is 36.0. The highest BCUT2D eigenvalue weighted by Gasteiger charge is 2.16. The maximum absolute atomic E-state index is 13.2. The molecule has 6 rings (SSSR count). The fraction of sp³-hybridized carbons (Fsp3) is 0.375. The molecule has 6 aromatic carbocycles. The van der Waals surface area contributed by atoms with Gasteiger partial charge in [0.05, 0.1) is 35.5 Å². The summed E-state index contributed by atoms with van der Waals surface area (Å²) < 4.78 is 34.2. The van der Waals surface area contributed by atoms with Gasteiger partial charge in [-0.05, 0) is 157 Å². The molecule has 0 radical (unpaired) electrons. The SMILES string of the molecule is CCCCCCCCCCCCCCOc1ccc(C(=O)Oc2ccc(C(=O)Oc3ccc(-c4cccc(C(=O)Oc5ccc(C(=O)Oc6ccc(OCC[C@@H](C)CCCC(C)C)cc6)cc5)c4)cc3)cc2)cc1. The molecule has 1 atom stereocenters. The fourth-order valence-electron chi connectivity index (χ4n) is 8.34. The zero-order valence-electron chi connectivity index (χ0n) is 43.8. The van der Waals surface area contributed by atoms with Crippen molar-refractivity contribution < 1.29 is 47.6 Å². The lowest BCUT2D eigenvalue weighted by atomic mass is 9.98. The molecule has 0 spiro atoms. The Labute approximate surface area is 438 Å². The predicted molar refractivity (Wildman–Crippen MR) is 292 cm³/mol. The maximum Gasteiger partial charge on any atom is 0.343 e. The van der Waals surface area contributed by atoms with Gasteiger partial charge in [0, 0.05) is 0 Å². The van der Waals surface area contributed by atoms with Crippen molar-refractivity contribution >= 4 is 23.9 Å². The Balaban J connectivity index is 0.880. The van der Waals surface area contributed by atoms with Crippen molar-refractivity contribution in [3.63, 3.8) is 0 Å². The predicted octanol–water partition coefficient (Wildman–Crippen LogP) is 16.5. The normalized spacial score (nSPS) is 11.4. The van der Waals surface area contributed by atoms with E-state index in [-0.39, 0.29) is 17.1 Å². The lowest BCUT2D eigenvalue weighted by Gasteiger charge is -2.13. The van der Waals surface area contributed by atoms with E-state index < -0.39 is 23.9 Å². The van der Waals surface area contributed by atoms with Gasteiger partial charge in [-0.15, -0.1) is 0 Å². The molecule has 0 heterocycles. The number of rotatable bonds is 31. The van der Waals surface area contributed by atoms with E-state index in [0.29, 0.717) is 53.1 Å². The molecule has 390 valence electrons. The van der Waals surface area contributed by atoms with Crippen LogP contribution in [0.5, 0.6) is 34.5 Å². The molecule has 0 fully saturated rings. The maximum atomic E-state index is 13.2. The van der Waals surface area contributed by atoms with E-state index in [1.165, 1.54) is 95.6 Å². The third kappa shape index (κ3) is 19.7. The molecule has 0 unspecified atom stereocenters. The van der Waals surface area contributed by atoms with Crippen LogP contribution in [0.1, 0.15) is 172 Å². The summed E-state index contributed by atoms with van der Waals surface area (Å²) in [6.07, 6.45) is 20.2. The summed E-state index contributed by atoms with van der Waals surface area (Å²) in [6, 6.07) is 40.1. The molecule has 0 saturated heterocycles. The first-order valence-corrected chi connectivity index (χ1v) is 26.8. The van der Waals surface area contributed by atoms with Crippen molar-refractivity contribution in [1.82, 2.24) is 0 Å². The second-order valence-electron chi connectivity index (χ2n) is 19.5. The van der Waals surface area contributed by atoms with Gasteiger partial charge in [-0.25, -0.2) is 19.2 Å². The largest absolute Gasteiger partial charge is 0.494 e. The zero-order valence-corrected chi connectivity index (χ0v) is 43.8. The molecule has 6 aromatic rings. The van der Waals surface area contributed by atoms with E-state index in [1.54, 1.807) is 127 Å². The molecule has 0 amide bonds. The van der Waals surface area contributed by atoms with Crippen molar-refractivity contribution in [2.45, 2.75) is 130 Å². The number of benzene rings is 6. The third-order valence-electron chi connectivity index (χ3n) is 12.8. The smallest absolute Gasteiger partial charge is 0.343 e.